The van der Waals surface area contributed by atoms with Crippen LogP contribution in [0.15, 0.2) is 12.1 Å². The predicted molar refractivity (Wildman–Crippen MR) is 53.2 cm³/mol. The highest BCUT2D eigenvalue weighted by Crippen LogP contribution is 2.36. The van der Waals surface area contributed by atoms with Gasteiger partial charge in [-0.05, 0) is 6.07 Å². The fourth-order valence-corrected chi connectivity index (χ4v) is 0.827. The molecule has 0 saturated carbocycles. The molecule has 1 aromatic carbocycles. The Balaban J connectivity index is 0.000000921. The molecule has 0 bridgehead atoms. The maximum absolute atomic E-state index is 10.2. The van der Waals surface area contributed by atoms with Crippen molar-refractivity contribution in [3.05, 3.63) is 27.8 Å². The van der Waals surface area contributed by atoms with E-state index in [2.05, 4.69) is 0 Å². The Kier molecular flexibility index (Phi) is 4.80. The number of hydrogen-bond acceptors (Lipinski definition) is 5. The van der Waals surface area contributed by atoms with Crippen LogP contribution in [0.5, 0.6) is 11.5 Å². The first-order valence-electron chi connectivity index (χ1n) is 4.22. The highest BCUT2D eigenvalue weighted by atomic mass is 16.6. The zero-order valence-electron chi connectivity index (χ0n) is 8.30. The molecule has 2 N–H and O–H groups in total. The third kappa shape index (κ3) is 2.67. The van der Waals surface area contributed by atoms with Crippen molar-refractivity contribution in [2.45, 2.75) is 13.8 Å². The summed E-state index contributed by atoms with van der Waals surface area (Å²) in [4.78, 5) is 19.6. The summed E-state index contributed by atoms with van der Waals surface area (Å²) in [6.45, 7) is 4.00. The van der Waals surface area contributed by atoms with Gasteiger partial charge in [0.15, 0.2) is 12.0 Å². The van der Waals surface area contributed by atoms with Crippen LogP contribution in [-0.4, -0.2) is 21.4 Å². The summed E-state index contributed by atoms with van der Waals surface area (Å²) in [6.07, 6.45) is 0.290. The summed E-state index contributed by atoms with van der Waals surface area (Å²) in [7, 11) is 0. The SMILES string of the molecule is CC.O=Cc1ccc([N+](=O)[O-])c(O)c1O. The molecule has 0 aliphatic rings. The second-order valence-corrected chi connectivity index (χ2v) is 2.25. The van der Waals surface area contributed by atoms with Crippen molar-refractivity contribution >= 4 is 12.0 Å². The lowest BCUT2D eigenvalue weighted by Crippen LogP contribution is -1.90. The number of carbonyl (C=O) groups excluding carboxylic acids is 1. The molecule has 0 heterocycles. The molecule has 0 fully saturated rings. The zero-order chi connectivity index (χ0) is 12.0. The number of carbonyl (C=O) groups is 1. The number of rotatable bonds is 2. The Morgan fingerprint density at radius 1 is 1.27 bits per heavy atom. The van der Waals surface area contributed by atoms with Gasteiger partial charge in [0, 0.05) is 6.07 Å². The third-order valence-electron chi connectivity index (χ3n) is 1.48. The van der Waals surface area contributed by atoms with E-state index in [1.165, 1.54) is 0 Å². The average Bonchev–Trinajstić information content (AvgIpc) is 2.24. The molecule has 0 aromatic heterocycles. The van der Waals surface area contributed by atoms with Gasteiger partial charge in [-0.3, -0.25) is 14.9 Å². The van der Waals surface area contributed by atoms with Crippen LogP contribution in [-0.2, 0) is 0 Å². The number of aldehydes is 1. The topological polar surface area (TPSA) is 101 Å². The van der Waals surface area contributed by atoms with Gasteiger partial charge >= 0.3 is 5.69 Å². The van der Waals surface area contributed by atoms with Crippen molar-refractivity contribution in [3.8, 4) is 11.5 Å². The van der Waals surface area contributed by atoms with Gasteiger partial charge in [0.1, 0.15) is 0 Å². The number of phenols is 2. The summed E-state index contributed by atoms with van der Waals surface area (Å²) in [5.74, 6) is -1.67. The van der Waals surface area contributed by atoms with Gasteiger partial charge in [-0.1, -0.05) is 13.8 Å². The van der Waals surface area contributed by atoms with E-state index in [-0.39, 0.29) is 5.56 Å². The molecule has 15 heavy (non-hydrogen) atoms. The van der Waals surface area contributed by atoms with Crippen LogP contribution in [0.3, 0.4) is 0 Å². The molecule has 0 atom stereocenters. The van der Waals surface area contributed by atoms with E-state index in [1.54, 1.807) is 0 Å². The predicted octanol–water partition coefficient (Wildman–Crippen LogP) is 1.84. The summed E-state index contributed by atoms with van der Waals surface area (Å²) >= 11 is 0. The molecule has 82 valence electrons. The molecule has 0 unspecified atom stereocenters. The van der Waals surface area contributed by atoms with Crippen molar-refractivity contribution in [3.63, 3.8) is 0 Å². The first-order valence-corrected chi connectivity index (χ1v) is 4.22. The van der Waals surface area contributed by atoms with Crippen LogP contribution in [0, 0.1) is 10.1 Å². The van der Waals surface area contributed by atoms with Crippen molar-refractivity contribution in [2.75, 3.05) is 0 Å². The number of hydrogen-bond donors (Lipinski definition) is 2. The maximum atomic E-state index is 10.2. The second-order valence-electron chi connectivity index (χ2n) is 2.25. The summed E-state index contributed by atoms with van der Waals surface area (Å²) in [5.41, 5.74) is -0.828. The standard InChI is InChI=1S/C7H5NO5.C2H6/c9-3-4-1-2-5(8(12)13)7(11)6(4)10;1-2/h1-3,10-11H;1-2H3. The molecule has 0 aliphatic carbocycles. The van der Waals surface area contributed by atoms with Gasteiger partial charge in [0.05, 0.1) is 10.5 Å². The number of nitro groups is 1. The van der Waals surface area contributed by atoms with E-state index in [4.69, 9.17) is 10.2 Å². The second kappa shape index (κ2) is 5.58. The van der Waals surface area contributed by atoms with Crippen molar-refractivity contribution in [1.29, 1.82) is 0 Å². The van der Waals surface area contributed by atoms with E-state index >= 15 is 0 Å². The van der Waals surface area contributed by atoms with Crippen LogP contribution in [0.1, 0.15) is 24.2 Å². The molecule has 6 heteroatoms. The van der Waals surface area contributed by atoms with Crippen LogP contribution in [0.2, 0.25) is 0 Å². The van der Waals surface area contributed by atoms with Crippen LogP contribution in [0.4, 0.5) is 5.69 Å². The summed E-state index contributed by atoms with van der Waals surface area (Å²) in [5, 5.41) is 28.3. The van der Waals surface area contributed by atoms with Crippen LogP contribution >= 0.6 is 0 Å². The molecule has 0 saturated heterocycles. The number of phenolic OH excluding ortho intramolecular Hbond substituents is 2. The molecular weight excluding hydrogens is 202 g/mol. The van der Waals surface area contributed by atoms with Crippen molar-refractivity contribution < 1.29 is 19.9 Å². The van der Waals surface area contributed by atoms with Gasteiger partial charge in [-0.15, -0.1) is 0 Å². The van der Waals surface area contributed by atoms with E-state index in [0.29, 0.717) is 6.29 Å². The van der Waals surface area contributed by atoms with Crippen LogP contribution in [0.25, 0.3) is 0 Å². The average molecular weight is 213 g/mol. The molecule has 1 aromatic rings. The zero-order valence-corrected chi connectivity index (χ0v) is 8.30. The minimum Gasteiger partial charge on any atom is -0.504 e. The van der Waals surface area contributed by atoms with Crippen LogP contribution < -0.4 is 0 Å². The lowest BCUT2D eigenvalue weighted by molar-refractivity contribution is -0.386. The first-order chi connectivity index (χ1) is 7.07. The van der Waals surface area contributed by atoms with Gasteiger partial charge in [0.25, 0.3) is 0 Å². The Morgan fingerprint density at radius 3 is 2.20 bits per heavy atom. The van der Waals surface area contributed by atoms with E-state index in [0.717, 1.165) is 12.1 Å². The fraction of sp³-hybridized carbons (Fsp3) is 0.222. The maximum Gasteiger partial charge on any atom is 0.314 e. The Labute approximate surface area is 85.9 Å². The molecular formula is C9H11NO5. The highest BCUT2D eigenvalue weighted by Gasteiger charge is 2.19. The molecule has 0 aliphatic heterocycles. The molecule has 6 nitrogen and oxygen atoms in total. The van der Waals surface area contributed by atoms with Crippen molar-refractivity contribution in [2.24, 2.45) is 0 Å². The Bertz CT molecular complexity index is 375. The largest absolute Gasteiger partial charge is 0.504 e. The monoisotopic (exact) mass is 213 g/mol. The van der Waals surface area contributed by atoms with E-state index in [1.807, 2.05) is 13.8 Å². The summed E-state index contributed by atoms with van der Waals surface area (Å²) in [6, 6.07) is 2.00. The van der Waals surface area contributed by atoms with Crippen molar-refractivity contribution in [1.82, 2.24) is 0 Å². The normalized spacial score (nSPS) is 8.67. The van der Waals surface area contributed by atoms with Gasteiger partial charge in [0.2, 0.25) is 5.75 Å². The molecule has 0 spiro atoms. The highest BCUT2D eigenvalue weighted by molar-refractivity contribution is 5.82. The molecule has 1 rings (SSSR count). The smallest absolute Gasteiger partial charge is 0.314 e. The van der Waals surface area contributed by atoms with Gasteiger partial charge in [-0.25, -0.2) is 0 Å². The number of benzene rings is 1. The lowest BCUT2D eigenvalue weighted by atomic mass is 10.2. The fourth-order valence-electron chi connectivity index (χ4n) is 0.827. The molecule has 0 amide bonds. The number of aromatic hydroxyl groups is 2. The Morgan fingerprint density at radius 2 is 1.80 bits per heavy atom. The molecule has 0 radical (unpaired) electrons. The Hall–Kier alpha value is -2.11. The third-order valence-corrected chi connectivity index (χ3v) is 1.48. The van der Waals surface area contributed by atoms with Gasteiger partial charge in [-0.2, -0.15) is 0 Å². The van der Waals surface area contributed by atoms with E-state index < -0.39 is 22.1 Å². The van der Waals surface area contributed by atoms with E-state index in [9.17, 15) is 14.9 Å². The van der Waals surface area contributed by atoms with Gasteiger partial charge < -0.3 is 10.2 Å². The summed E-state index contributed by atoms with van der Waals surface area (Å²) < 4.78 is 0. The lowest BCUT2D eigenvalue weighted by Gasteiger charge is -2.00. The number of nitro benzene ring substituents is 1. The minimum absolute atomic E-state index is 0.192. The number of nitrogens with zero attached hydrogens (tertiary/aromatic N) is 1. The quantitative estimate of drug-likeness (QED) is 0.338. The minimum atomic E-state index is -0.894. The first kappa shape index (κ1) is 12.9.